The number of hydrogen-bond acceptors (Lipinski definition) is 8. The van der Waals surface area contributed by atoms with Gasteiger partial charge in [0.1, 0.15) is 23.2 Å². The van der Waals surface area contributed by atoms with Crippen molar-refractivity contribution < 1.29 is 34.1 Å². The van der Waals surface area contributed by atoms with Gasteiger partial charge in [0.05, 0.1) is 11.8 Å². The number of phenols is 2. The Morgan fingerprint density at radius 2 is 1.95 bits per heavy atom. The number of carbonyl (C=O) groups excluding carboxylic acids is 2. The molecule has 9 heteroatoms. The molecular weight excluding hydrogens is 488 g/mol. The van der Waals surface area contributed by atoms with E-state index >= 15 is 0 Å². The molecule has 0 spiro atoms. The smallest absolute Gasteiger partial charge is 0.342 e. The van der Waals surface area contributed by atoms with Crippen LogP contribution in [0.2, 0.25) is 0 Å². The van der Waals surface area contributed by atoms with Crippen LogP contribution in [0.3, 0.4) is 0 Å². The van der Waals surface area contributed by atoms with Gasteiger partial charge in [0.2, 0.25) is 0 Å². The minimum absolute atomic E-state index is 0.0399. The van der Waals surface area contributed by atoms with E-state index in [2.05, 4.69) is 12.1 Å². The number of unbranched alkanes of at least 4 members (excludes halogenated alkanes) is 1. The number of likely N-dealkylation sites (tertiary alicyclic amines) is 1. The lowest BCUT2D eigenvalue weighted by atomic mass is 9.99. The maximum atomic E-state index is 13.0. The number of piperidine rings is 1. The van der Waals surface area contributed by atoms with E-state index in [1.807, 2.05) is 18.2 Å². The first-order chi connectivity index (χ1) is 18.4. The number of cyclic esters (lactones) is 1. The number of esters is 1. The number of aromatic hydroxyl groups is 2. The van der Waals surface area contributed by atoms with Crippen LogP contribution in [0, 0.1) is 0 Å². The van der Waals surface area contributed by atoms with E-state index in [9.17, 15) is 19.8 Å². The first-order valence-corrected chi connectivity index (χ1v) is 13.5. The summed E-state index contributed by atoms with van der Waals surface area (Å²) in [6, 6.07) is 2.50. The zero-order valence-corrected chi connectivity index (χ0v) is 22.4. The third kappa shape index (κ3) is 9.20. The summed E-state index contributed by atoms with van der Waals surface area (Å²) in [5.41, 5.74) is 0.705. The number of amides is 1. The van der Waals surface area contributed by atoms with Crippen LogP contribution in [0.5, 0.6) is 11.5 Å². The lowest BCUT2D eigenvalue weighted by molar-refractivity contribution is -0.137. The average molecular weight is 529 g/mol. The quantitative estimate of drug-likeness (QED) is 0.229. The van der Waals surface area contributed by atoms with E-state index in [1.54, 1.807) is 17.9 Å². The Bertz CT molecular complexity index is 1030. The number of ether oxygens (including phenoxy) is 2. The van der Waals surface area contributed by atoms with E-state index in [1.165, 1.54) is 6.07 Å². The molecule has 1 fully saturated rings. The van der Waals surface area contributed by atoms with Crippen LogP contribution in [0.25, 0.3) is 0 Å². The molecule has 208 valence electrons. The summed E-state index contributed by atoms with van der Waals surface area (Å²) >= 11 is 0. The molecule has 1 amide bonds. The minimum Gasteiger partial charge on any atom is -0.508 e. The van der Waals surface area contributed by atoms with Gasteiger partial charge in [-0.15, -0.1) is 0 Å². The molecule has 0 radical (unpaired) electrons. The fourth-order valence-electron chi connectivity index (χ4n) is 4.40. The summed E-state index contributed by atoms with van der Waals surface area (Å²) in [4.78, 5) is 32.7. The Morgan fingerprint density at radius 1 is 1.16 bits per heavy atom. The van der Waals surface area contributed by atoms with Gasteiger partial charge < -0.3 is 29.4 Å². The Labute approximate surface area is 224 Å². The van der Waals surface area contributed by atoms with Gasteiger partial charge in [0.15, 0.2) is 6.61 Å². The second-order valence-corrected chi connectivity index (χ2v) is 9.75. The van der Waals surface area contributed by atoms with E-state index in [4.69, 9.17) is 14.3 Å². The van der Waals surface area contributed by atoms with Crippen LogP contribution >= 0.6 is 0 Å². The highest BCUT2D eigenvalue weighted by Crippen LogP contribution is 2.29. The molecule has 2 heterocycles. The third-order valence-corrected chi connectivity index (χ3v) is 6.47. The fourth-order valence-corrected chi connectivity index (χ4v) is 4.40. The summed E-state index contributed by atoms with van der Waals surface area (Å²) in [6.07, 6.45) is 13.2. The normalized spacial score (nSPS) is 22.8. The molecule has 0 saturated carbocycles. The number of oxime groups is 1. The molecule has 3 rings (SSSR count). The molecule has 1 aromatic carbocycles. The van der Waals surface area contributed by atoms with E-state index in [-0.39, 0.29) is 42.1 Å². The summed E-state index contributed by atoms with van der Waals surface area (Å²) in [6.45, 7) is 5.77. The van der Waals surface area contributed by atoms with Gasteiger partial charge in [0.25, 0.3) is 5.91 Å². The second-order valence-electron chi connectivity index (χ2n) is 9.75. The molecule has 1 saturated heterocycles. The van der Waals surface area contributed by atoms with Gasteiger partial charge in [-0.25, -0.2) is 4.79 Å². The highest BCUT2D eigenvalue weighted by Gasteiger charge is 2.23. The van der Waals surface area contributed by atoms with Crippen LogP contribution in [0.15, 0.2) is 41.6 Å². The zero-order chi connectivity index (χ0) is 27.3. The molecule has 2 aliphatic heterocycles. The van der Waals surface area contributed by atoms with Crippen molar-refractivity contribution in [3.8, 4) is 11.5 Å². The Balaban J connectivity index is 1.86. The van der Waals surface area contributed by atoms with Crippen molar-refractivity contribution >= 4 is 17.6 Å². The van der Waals surface area contributed by atoms with Gasteiger partial charge in [-0.2, -0.15) is 0 Å². The lowest BCUT2D eigenvalue weighted by Crippen LogP contribution is -2.37. The van der Waals surface area contributed by atoms with Gasteiger partial charge in [-0.05, 0) is 56.7 Å². The average Bonchev–Trinajstić information content (AvgIpc) is 2.88. The summed E-state index contributed by atoms with van der Waals surface area (Å²) in [7, 11) is 0. The van der Waals surface area contributed by atoms with Crippen LogP contribution in [-0.2, 0) is 25.5 Å². The molecule has 1 aromatic rings. The van der Waals surface area contributed by atoms with E-state index in [0.717, 1.165) is 51.3 Å². The van der Waals surface area contributed by atoms with Gasteiger partial charge in [-0.1, -0.05) is 36.7 Å². The predicted molar refractivity (Wildman–Crippen MR) is 144 cm³/mol. The van der Waals surface area contributed by atoms with Crippen LogP contribution in [0.4, 0.5) is 0 Å². The number of phenolic OH excluding ortho intramolecular Hbond substituents is 2. The summed E-state index contributed by atoms with van der Waals surface area (Å²) in [5.74, 6) is -1.40. The van der Waals surface area contributed by atoms with Crippen molar-refractivity contribution in [3.05, 3.63) is 47.6 Å². The summed E-state index contributed by atoms with van der Waals surface area (Å²) in [5, 5.41) is 24.8. The number of allylic oxidation sites excluding steroid dienone is 1. The predicted octanol–water partition coefficient (Wildman–Crippen LogP) is 4.66. The van der Waals surface area contributed by atoms with Crippen LogP contribution in [0.1, 0.15) is 74.7 Å². The SMILES string of the molecule is CCCCOC1C=CC[C@@H](C)OC(=O)c2c(O)cc(O)cc2CC(=N/OCC(=O)N2CCCCC2)/C=C/C1. The summed E-state index contributed by atoms with van der Waals surface area (Å²) < 4.78 is 11.6. The van der Waals surface area contributed by atoms with Gasteiger partial charge in [0, 0.05) is 38.6 Å². The number of hydrogen-bond donors (Lipinski definition) is 2. The monoisotopic (exact) mass is 528 g/mol. The number of fused-ring (bicyclic) bond motifs is 1. The molecule has 2 atom stereocenters. The van der Waals surface area contributed by atoms with E-state index < -0.39 is 12.1 Å². The van der Waals surface area contributed by atoms with Crippen molar-refractivity contribution in [2.45, 2.75) is 77.4 Å². The number of rotatable bonds is 7. The maximum Gasteiger partial charge on any atom is 0.342 e. The standard InChI is InChI=1S/C29H40N2O7/c1-3-4-16-36-25-12-8-10-21(2)38-29(35)28-22(18-24(32)19-26(28)33)17-23(11-9-13-25)30-37-20-27(34)31-14-6-5-7-15-31/h8-9,11-12,18-19,21,25,32-33H,3-7,10,13-17,20H2,1-2H3/b11-9+,12-8?,30-23+/t21-,25?/m1/s1. The molecule has 2 aliphatic rings. The van der Waals surface area contributed by atoms with Gasteiger partial charge >= 0.3 is 5.97 Å². The van der Waals surface area contributed by atoms with Crippen molar-refractivity contribution in [2.24, 2.45) is 5.16 Å². The number of nitrogens with zero attached hydrogens (tertiary/aromatic N) is 2. The van der Waals surface area contributed by atoms with Crippen LogP contribution < -0.4 is 0 Å². The zero-order valence-electron chi connectivity index (χ0n) is 22.4. The third-order valence-electron chi connectivity index (χ3n) is 6.47. The molecule has 0 bridgehead atoms. The topological polar surface area (TPSA) is 118 Å². The van der Waals surface area contributed by atoms with Crippen molar-refractivity contribution in [1.82, 2.24) is 4.90 Å². The second kappa shape index (κ2) is 15.2. The first kappa shape index (κ1) is 29.2. The molecule has 38 heavy (non-hydrogen) atoms. The largest absolute Gasteiger partial charge is 0.508 e. The van der Waals surface area contributed by atoms with E-state index in [0.29, 0.717) is 30.7 Å². The van der Waals surface area contributed by atoms with Gasteiger partial charge in [-0.3, -0.25) is 4.79 Å². The molecule has 0 aliphatic carbocycles. The maximum absolute atomic E-state index is 13.0. The molecule has 9 nitrogen and oxygen atoms in total. The van der Waals surface area contributed by atoms with Crippen molar-refractivity contribution in [1.29, 1.82) is 0 Å². The Kier molecular flexibility index (Phi) is 11.7. The minimum atomic E-state index is -0.698. The first-order valence-electron chi connectivity index (χ1n) is 13.5. The molecule has 0 aromatic heterocycles. The van der Waals surface area contributed by atoms with Crippen LogP contribution in [-0.4, -0.2) is 71.2 Å². The fraction of sp³-hybridized carbons (Fsp3) is 0.552. The highest BCUT2D eigenvalue weighted by molar-refractivity contribution is 6.00. The number of carbonyl (C=O) groups is 2. The Morgan fingerprint density at radius 3 is 2.71 bits per heavy atom. The van der Waals surface area contributed by atoms with Crippen molar-refractivity contribution in [2.75, 3.05) is 26.3 Å². The molecule has 2 N–H and O–H groups in total. The molecular formula is C29H40N2O7. The lowest BCUT2D eigenvalue weighted by Gasteiger charge is -2.26. The molecule has 1 unspecified atom stereocenters. The highest BCUT2D eigenvalue weighted by atomic mass is 16.6. The Hall–Kier alpha value is -3.33. The van der Waals surface area contributed by atoms with Crippen molar-refractivity contribution in [3.63, 3.8) is 0 Å². The number of benzene rings is 1.